The third-order valence-electron chi connectivity index (χ3n) is 3.19. The number of aliphatic hydroxyl groups is 2. The first kappa shape index (κ1) is 13.7. The molecule has 3 heterocycles. The number of aromatic nitrogens is 4. The van der Waals surface area contributed by atoms with E-state index in [9.17, 15) is 9.90 Å². The van der Waals surface area contributed by atoms with E-state index in [0.717, 1.165) is 0 Å². The first-order chi connectivity index (χ1) is 9.51. The minimum atomic E-state index is -0.791. The molecule has 0 radical (unpaired) electrons. The molecule has 3 rings (SSSR count). The van der Waals surface area contributed by atoms with Crippen LogP contribution in [0.25, 0.3) is 11.0 Å². The Morgan fingerprint density at radius 2 is 2.35 bits per heavy atom. The topological polar surface area (TPSA) is 139 Å². The van der Waals surface area contributed by atoms with Crippen molar-refractivity contribution in [2.75, 3.05) is 12.3 Å². The van der Waals surface area contributed by atoms with Crippen LogP contribution in [-0.2, 0) is 4.74 Å². The summed E-state index contributed by atoms with van der Waals surface area (Å²) in [5.41, 5.74) is 5.46. The standard InChI is InChI=1S/C10H12IN5O4/c11-7-6-8(13-10(12)14-9(6)19)16(15-7)5-1-3(18)4(2-17)20-5/h3-5,17-18H,1-2H2,(H3,12,13,14,19)/t3-,4+,5+/m0/s1. The molecule has 5 N–H and O–H groups in total. The van der Waals surface area contributed by atoms with E-state index in [2.05, 4.69) is 15.1 Å². The largest absolute Gasteiger partial charge is 0.394 e. The van der Waals surface area contributed by atoms with E-state index in [0.29, 0.717) is 14.7 Å². The van der Waals surface area contributed by atoms with Crippen molar-refractivity contribution in [2.45, 2.75) is 24.9 Å². The summed E-state index contributed by atoms with van der Waals surface area (Å²) in [5, 5.41) is 23.4. The SMILES string of the molecule is Nc1nc2c(c(I)nn2[C@H]2C[C@H](O)[C@@H](CO)O2)c(=O)[nH]1. The monoisotopic (exact) mass is 393 g/mol. The van der Waals surface area contributed by atoms with Crippen LogP contribution in [0.2, 0.25) is 0 Å². The lowest BCUT2D eigenvalue weighted by Gasteiger charge is -2.12. The fourth-order valence-corrected chi connectivity index (χ4v) is 2.97. The van der Waals surface area contributed by atoms with Gasteiger partial charge in [-0.2, -0.15) is 10.1 Å². The number of nitrogens with zero attached hydrogens (tertiary/aromatic N) is 3. The van der Waals surface area contributed by atoms with Crippen LogP contribution in [0.3, 0.4) is 0 Å². The maximum Gasteiger partial charge on any atom is 0.264 e. The van der Waals surface area contributed by atoms with Gasteiger partial charge in [-0.25, -0.2) is 4.68 Å². The summed E-state index contributed by atoms with van der Waals surface area (Å²) in [6.45, 7) is -0.288. The number of hydrogen-bond acceptors (Lipinski definition) is 7. The van der Waals surface area contributed by atoms with Crippen molar-refractivity contribution in [1.29, 1.82) is 0 Å². The molecule has 1 saturated heterocycles. The number of nitrogens with one attached hydrogen (secondary N) is 1. The summed E-state index contributed by atoms with van der Waals surface area (Å²) in [5.74, 6) is -0.0164. The highest BCUT2D eigenvalue weighted by Crippen LogP contribution is 2.30. The van der Waals surface area contributed by atoms with Crippen molar-refractivity contribution in [3.8, 4) is 0 Å². The zero-order valence-electron chi connectivity index (χ0n) is 10.2. The number of rotatable bonds is 2. The number of halogens is 1. The van der Waals surface area contributed by atoms with E-state index in [1.54, 1.807) is 0 Å². The summed E-state index contributed by atoms with van der Waals surface area (Å²) < 4.78 is 7.40. The predicted molar refractivity (Wildman–Crippen MR) is 76.9 cm³/mol. The van der Waals surface area contributed by atoms with E-state index in [-0.39, 0.29) is 24.5 Å². The third-order valence-corrected chi connectivity index (χ3v) is 3.95. The lowest BCUT2D eigenvalue weighted by Crippen LogP contribution is -2.24. The van der Waals surface area contributed by atoms with Gasteiger partial charge in [-0.3, -0.25) is 9.78 Å². The molecule has 0 spiro atoms. The Morgan fingerprint density at radius 1 is 1.60 bits per heavy atom. The van der Waals surface area contributed by atoms with Crippen LogP contribution >= 0.6 is 22.6 Å². The molecule has 2 aromatic heterocycles. The predicted octanol–water partition coefficient (Wildman–Crippen LogP) is -1.05. The zero-order chi connectivity index (χ0) is 14.4. The molecule has 20 heavy (non-hydrogen) atoms. The highest BCUT2D eigenvalue weighted by molar-refractivity contribution is 14.1. The van der Waals surface area contributed by atoms with Gasteiger partial charge in [0.2, 0.25) is 5.95 Å². The molecular formula is C10H12IN5O4. The van der Waals surface area contributed by atoms with E-state index >= 15 is 0 Å². The Hall–Kier alpha value is -1.24. The van der Waals surface area contributed by atoms with Gasteiger partial charge in [-0.05, 0) is 22.6 Å². The van der Waals surface area contributed by atoms with E-state index in [1.807, 2.05) is 22.6 Å². The Morgan fingerprint density at radius 3 is 3.00 bits per heavy atom. The lowest BCUT2D eigenvalue weighted by molar-refractivity contribution is -0.0471. The van der Waals surface area contributed by atoms with Crippen LogP contribution in [0, 0.1) is 3.70 Å². The quantitative estimate of drug-likeness (QED) is 0.478. The number of nitrogen functional groups attached to an aromatic ring is 1. The summed E-state index contributed by atoms with van der Waals surface area (Å²) >= 11 is 1.92. The van der Waals surface area contributed by atoms with Gasteiger partial charge in [0.05, 0.1) is 12.7 Å². The average molecular weight is 393 g/mol. The molecule has 1 aliphatic heterocycles. The van der Waals surface area contributed by atoms with E-state index < -0.39 is 18.4 Å². The summed E-state index contributed by atoms with van der Waals surface area (Å²) in [7, 11) is 0. The van der Waals surface area contributed by atoms with Gasteiger partial charge in [0.25, 0.3) is 5.56 Å². The second-order valence-corrected chi connectivity index (χ2v) is 5.52. The number of ether oxygens (including phenoxy) is 1. The molecule has 3 atom stereocenters. The number of aromatic amines is 1. The zero-order valence-corrected chi connectivity index (χ0v) is 12.3. The van der Waals surface area contributed by atoms with Crippen LogP contribution in [0.1, 0.15) is 12.6 Å². The molecule has 1 fully saturated rings. The average Bonchev–Trinajstić information content (AvgIpc) is 2.90. The van der Waals surface area contributed by atoms with Crippen LogP contribution in [0.4, 0.5) is 5.95 Å². The van der Waals surface area contributed by atoms with Gasteiger partial charge in [0.1, 0.15) is 15.2 Å². The van der Waals surface area contributed by atoms with Gasteiger partial charge in [0.15, 0.2) is 11.9 Å². The Labute approximate surface area is 125 Å². The van der Waals surface area contributed by atoms with Crippen molar-refractivity contribution in [2.24, 2.45) is 0 Å². The van der Waals surface area contributed by atoms with Crippen molar-refractivity contribution in [3.05, 3.63) is 14.1 Å². The number of fused-ring (bicyclic) bond motifs is 1. The van der Waals surface area contributed by atoms with Gasteiger partial charge >= 0.3 is 0 Å². The van der Waals surface area contributed by atoms with Crippen molar-refractivity contribution in [3.63, 3.8) is 0 Å². The molecule has 10 heteroatoms. The third kappa shape index (κ3) is 2.08. The van der Waals surface area contributed by atoms with Gasteiger partial charge in [0, 0.05) is 6.42 Å². The van der Waals surface area contributed by atoms with Crippen molar-refractivity contribution < 1.29 is 14.9 Å². The fraction of sp³-hybridized carbons (Fsp3) is 0.500. The number of hydrogen-bond donors (Lipinski definition) is 4. The number of aliphatic hydroxyl groups excluding tert-OH is 2. The van der Waals surface area contributed by atoms with E-state index in [4.69, 9.17) is 15.6 Å². The molecule has 9 nitrogen and oxygen atoms in total. The van der Waals surface area contributed by atoms with Gasteiger partial charge in [-0.1, -0.05) is 0 Å². The minimum absolute atomic E-state index is 0.0164. The highest BCUT2D eigenvalue weighted by atomic mass is 127. The summed E-state index contributed by atoms with van der Waals surface area (Å²) in [6.07, 6.45) is -1.80. The second kappa shape index (κ2) is 4.95. The summed E-state index contributed by atoms with van der Waals surface area (Å²) in [4.78, 5) is 18.4. The maximum absolute atomic E-state index is 11.9. The fourth-order valence-electron chi connectivity index (χ4n) is 2.25. The highest BCUT2D eigenvalue weighted by Gasteiger charge is 2.36. The Kier molecular flexibility index (Phi) is 3.40. The normalized spacial score (nSPS) is 26.4. The molecule has 0 aliphatic carbocycles. The Bertz CT molecular complexity index is 713. The summed E-state index contributed by atoms with van der Waals surface area (Å²) in [6, 6.07) is 0. The first-order valence-electron chi connectivity index (χ1n) is 5.89. The first-order valence-corrected chi connectivity index (χ1v) is 6.97. The minimum Gasteiger partial charge on any atom is -0.394 e. The maximum atomic E-state index is 11.9. The molecular weight excluding hydrogens is 381 g/mol. The molecule has 0 unspecified atom stereocenters. The van der Waals surface area contributed by atoms with Crippen LogP contribution < -0.4 is 11.3 Å². The molecule has 2 aromatic rings. The van der Waals surface area contributed by atoms with Crippen LogP contribution in [0.5, 0.6) is 0 Å². The number of nitrogens with two attached hydrogens (primary N) is 1. The molecule has 1 aliphatic rings. The van der Waals surface area contributed by atoms with Gasteiger partial charge in [-0.15, -0.1) is 0 Å². The van der Waals surface area contributed by atoms with Crippen molar-refractivity contribution in [1.82, 2.24) is 19.7 Å². The van der Waals surface area contributed by atoms with Crippen molar-refractivity contribution >= 4 is 39.6 Å². The van der Waals surface area contributed by atoms with Crippen LogP contribution in [-0.4, -0.2) is 48.8 Å². The second-order valence-electron chi connectivity index (χ2n) is 4.50. The Balaban J connectivity index is 2.11. The van der Waals surface area contributed by atoms with Gasteiger partial charge < -0.3 is 20.7 Å². The van der Waals surface area contributed by atoms with E-state index in [1.165, 1.54) is 4.68 Å². The molecule has 0 amide bonds. The van der Waals surface area contributed by atoms with Crippen LogP contribution in [0.15, 0.2) is 4.79 Å². The molecule has 0 aromatic carbocycles. The molecule has 0 bridgehead atoms. The number of H-pyrrole nitrogens is 1. The molecule has 0 saturated carbocycles. The number of anilines is 1. The lowest BCUT2D eigenvalue weighted by atomic mass is 10.2. The molecule has 108 valence electrons. The smallest absolute Gasteiger partial charge is 0.264 e.